The Morgan fingerprint density at radius 3 is 2.45 bits per heavy atom. The highest BCUT2D eigenvalue weighted by atomic mass is 16.5. The molecule has 0 aliphatic rings. The van der Waals surface area contributed by atoms with Gasteiger partial charge in [-0.1, -0.05) is 12.1 Å². The minimum absolute atomic E-state index is 0.299. The standard InChI is InChI=1S/C21H20N6O2/c1-14-6-4-7-18(27-21(28)26(3)24-25-27)17(14)13-29-19-9-8-16(12-15(19)2)20-22-10-5-11-23-20/h4-12H,13H2,1-3H3. The van der Waals surface area contributed by atoms with Gasteiger partial charge in [-0.15, -0.1) is 0 Å². The molecule has 4 aromatic rings. The van der Waals surface area contributed by atoms with Gasteiger partial charge in [0.2, 0.25) is 0 Å². The Hall–Kier alpha value is -3.81. The molecular weight excluding hydrogens is 368 g/mol. The van der Waals surface area contributed by atoms with Crippen molar-refractivity contribution in [2.24, 2.45) is 7.05 Å². The van der Waals surface area contributed by atoms with Crippen LogP contribution in [-0.4, -0.2) is 29.8 Å². The maximum atomic E-state index is 12.3. The number of benzene rings is 2. The van der Waals surface area contributed by atoms with E-state index in [1.54, 1.807) is 25.5 Å². The van der Waals surface area contributed by atoms with Crippen LogP contribution in [0.1, 0.15) is 16.7 Å². The molecule has 29 heavy (non-hydrogen) atoms. The summed E-state index contributed by atoms with van der Waals surface area (Å²) < 4.78 is 8.57. The van der Waals surface area contributed by atoms with E-state index in [0.29, 0.717) is 18.1 Å². The normalized spacial score (nSPS) is 10.9. The molecule has 0 atom stereocenters. The average molecular weight is 388 g/mol. The summed E-state index contributed by atoms with van der Waals surface area (Å²) in [5.74, 6) is 1.43. The Balaban J connectivity index is 1.62. The molecule has 0 aliphatic carbocycles. The van der Waals surface area contributed by atoms with E-state index < -0.39 is 0 Å². The van der Waals surface area contributed by atoms with Crippen LogP contribution in [0.15, 0.2) is 59.7 Å². The SMILES string of the molecule is Cc1cc(-c2ncccn2)ccc1OCc1c(C)cccc1-n1nnn(C)c1=O. The van der Waals surface area contributed by atoms with Crippen molar-refractivity contribution in [3.05, 3.63) is 82.0 Å². The van der Waals surface area contributed by atoms with Crippen molar-refractivity contribution in [1.82, 2.24) is 29.8 Å². The van der Waals surface area contributed by atoms with Crippen molar-refractivity contribution in [2.75, 3.05) is 0 Å². The van der Waals surface area contributed by atoms with Gasteiger partial charge in [-0.05, 0) is 65.7 Å². The Kier molecular flexibility index (Phi) is 4.90. The molecule has 0 N–H and O–H groups in total. The first-order valence-corrected chi connectivity index (χ1v) is 9.13. The predicted molar refractivity (Wildman–Crippen MR) is 108 cm³/mol. The Labute approximate surface area is 167 Å². The monoisotopic (exact) mass is 388 g/mol. The molecule has 0 saturated carbocycles. The van der Waals surface area contributed by atoms with E-state index >= 15 is 0 Å². The molecule has 8 nitrogen and oxygen atoms in total. The van der Waals surface area contributed by atoms with E-state index in [4.69, 9.17) is 4.74 Å². The summed E-state index contributed by atoms with van der Waals surface area (Å²) in [6.45, 7) is 4.26. The van der Waals surface area contributed by atoms with Crippen LogP contribution in [0, 0.1) is 13.8 Å². The molecule has 2 aromatic heterocycles. The summed E-state index contributed by atoms with van der Waals surface area (Å²) in [6.07, 6.45) is 3.44. The molecule has 0 fully saturated rings. The van der Waals surface area contributed by atoms with E-state index in [0.717, 1.165) is 28.0 Å². The summed E-state index contributed by atoms with van der Waals surface area (Å²) in [7, 11) is 1.57. The van der Waals surface area contributed by atoms with E-state index in [9.17, 15) is 4.79 Å². The van der Waals surface area contributed by atoms with Gasteiger partial charge in [-0.2, -0.15) is 9.36 Å². The van der Waals surface area contributed by atoms with Gasteiger partial charge in [-0.25, -0.2) is 14.8 Å². The first kappa shape index (κ1) is 18.5. The lowest BCUT2D eigenvalue weighted by Gasteiger charge is -2.14. The lowest BCUT2D eigenvalue weighted by Crippen LogP contribution is -2.23. The van der Waals surface area contributed by atoms with Gasteiger partial charge in [0.1, 0.15) is 12.4 Å². The summed E-state index contributed by atoms with van der Waals surface area (Å²) in [6, 6.07) is 13.3. The fourth-order valence-corrected chi connectivity index (χ4v) is 3.09. The Morgan fingerprint density at radius 2 is 1.76 bits per heavy atom. The first-order valence-electron chi connectivity index (χ1n) is 9.13. The number of aromatic nitrogens is 6. The zero-order valence-corrected chi connectivity index (χ0v) is 16.4. The van der Waals surface area contributed by atoms with Gasteiger partial charge in [0.25, 0.3) is 0 Å². The van der Waals surface area contributed by atoms with Crippen molar-refractivity contribution >= 4 is 0 Å². The number of aryl methyl sites for hydroxylation is 3. The molecule has 4 rings (SSSR count). The Bertz CT molecular complexity index is 1210. The minimum Gasteiger partial charge on any atom is -0.489 e. The van der Waals surface area contributed by atoms with Crippen molar-refractivity contribution in [1.29, 1.82) is 0 Å². The number of nitrogens with zero attached hydrogens (tertiary/aromatic N) is 6. The van der Waals surface area contributed by atoms with Crippen molar-refractivity contribution in [3.8, 4) is 22.8 Å². The molecule has 8 heteroatoms. The fraction of sp³-hybridized carbons (Fsp3) is 0.190. The molecule has 2 aromatic carbocycles. The number of tetrazole rings is 1. The zero-order valence-electron chi connectivity index (χ0n) is 16.4. The molecular formula is C21H20N6O2. The smallest absolute Gasteiger partial charge is 0.368 e. The predicted octanol–water partition coefficient (Wildman–Crippen LogP) is 2.62. The second kappa shape index (κ2) is 7.67. The van der Waals surface area contributed by atoms with E-state index in [1.165, 1.54) is 9.36 Å². The summed E-state index contributed by atoms with van der Waals surface area (Å²) in [5, 5.41) is 7.75. The number of hydrogen-bond donors (Lipinski definition) is 0. The molecule has 2 heterocycles. The highest BCUT2D eigenvalue weighted by Crippen LogP contribution is 2.26. The lowest BCUT2D eigenvalue weighted by atomic mass is 10.1. The van der Waals surface area contributed by atoms with Crippen molar-refractivity contribution < 1.29 is 4.74 Å². The molecule has 0 spiro atoms. The molecule has 0 unspecified atom stereocenters. The summed E-state index contributed by atoms with van der Waals surface area (Å²) in [4.78, 5) is 20.8. The second-order valence-corrected chi connectivity index (χ2v) is 6.71. The van der Waals surface area contributed by atoms with E-state index in [-0.39, 0.29) is 5.69 Å². The first-order chi connectivity index (χ1) is 14.0. The molecule has 0 bridgehead atoms. The highest BCUT2D eigenvalue weighted by molar-refractivity contribution is 5.58. The van der Waals surface area contributed by atoms with Crippen LogP contribution in [0.3, 0.4) is 0 Å². The highest BCUT2D eigenvalue weighted by Gasteiger charge is 2.14. The molecule has 146 valence electrons. The summed E-state index contributed by atoms with van der Waals surface area (Å²) in [5.41, 5.74) is 4.15. The van der Waals surface area contributed by atoms with Crippen LogP contribution >= 0.6 is 0 Å². The number of rotatable bonds is 5. The third-order valence-electron chi connectivity index (χ3n) is 4.71. The van der Waals surface area contributed by atoms with Gasteiger partial charge in [-0.3, -0.25) is 0 Å². The van der Waals surface area contributed by atoms with Gasteiger partial charge in [0.15, 0.2) is 5.82 Å². The average Bonchev–Trinajstić information content (AvgIpc) is 3.07. The van der Waals surface area contributed by atoms with Gasteiger partial charge in [0, 0.05) is 30.6 Å². The minimum atomic E-state index is -0.305. The van der Waals surface area contributed by atoms with Crippen LogP contribution in [0.25, 0.3) is 17.1 Å². The van der Waals surface area contributed by atoms with Gasteiger partial charge in [0.05, 0.1) is 5.69 Å². The third kappa shape index (κ3) is 3.64. The Morgan fingerprint density at radius 1 is 0.966 bits per heavy atom. The quantitative estimate of drug-likeness (QED) is 0.522. The second-order valence-electron chi connectivity index (χ2n) is 6.71. The molecule has 0 aliphatic heterocycles. The van der Waals surface area contributed by atoms with Crippen LogP contribution in [0.2, 0.25) is 0 Å². The molecule has 0 radical (unpaired) electrons. The van der Waals surface area contributed by atoms with Crippen molar-refractivity contribution in [3.63, 3.8) is 0 Å². The lowest BCUT2D eigenvalue weighted by molar-refractivity contribution is 0.302. The third-order valence-corrected chi connectivity index (χ3v) is 4.71. The number of ether oxygens (including phenoxy) is 1. The van der Waals surface area contributed by atoms with E-state index in [1.807, 2.05) is 50.2 Å². The van der Waals surface area contributed by atoms with Gasteiger partial charge < -0.3 is 4.74 Å². The van der Waals surface area contributed by atoms with Crippen LogP contribution < -0.4 is 10.4 Å². The van der Waals surface area contributed by atoms with Crippen molar-refractivity contribution in [2.45, 2.75) is 20.5 Å². The van der Waals surface area contributed by atoms with E-state index in [2.05, 4.69) is 20.4 Å². The molecule has 0 saturated heterocycles. The number of hydrogen-bond acceptors (Lipinski definition) is 6. The largest absolute Gasteiger partial charge is 0.489 e. The maximum absolute atomic E-state index is 12.3. The van der Waals surface area contributed by atoms with Crippen LogP contribution in [-0.2, 0) is 13.7 Å². The summed E-state index contributed by atoms with van der Waals surface area (Å²) >= 11 is 0. The topological polar surface area (TPSA) is 87.7 Å². The zero-order chi connectivity index (χ0) is 20.4. The maximum Gasteiger partial charge on any atom is 0.368 e. The fourth-order valence-electron chi connectivity index (χ4n) is 3.09. The van der Waals surface area contributed by atoms with Crippen LogP contribution in [0.4, 0.5) is 0 Å². The molecule has 0 amide bonds. The van der Waals surface area contributed by atoms with Crippen LogP contribution in [0.5, 0.6) is 5.75 Å². The van der Waals surface area contributed by atoms with Gasteiger partial charge >= 0.3 is 5.69 Å².